The van der Waals surface area contributed by atoms with Crippen molar-refractivity contribution in [1.82, 2.24) is 19.7 Å². The van der Waals surface area contributed by atoms with Gasteiger partial charge in [0, 0.05) is 11.6 Å². The molecule has 0 bridgehead atoms. The smallest absolute Gasteiger partial charge is 0.284 e. The second-order valence-corrected chi connectivity index (χ2v) is 7.73. The monoisotopic (exact) mass is 422 g/mol. The predicted octanol–water partition coefficient (Wildman–Crippen LogP) is 5.67. The number of halogens is 1. The van der Waals surface area contributed by atoms with Crippen molar-refractivity contribution in [3.8, 4) is 11.7 Å². The molecule has 0 unspecified atom stereocenters. The van der Waals surface area contributed by atoms with Gasteiger partial charge in [-0.05, 0) is 35.9 Å². The van der Waals surface area contributed by atoms with E-state index in [0.717, 1.165) is 23.4 Å². The molecule has 0 N–H and O–H groups in total. The summed E-state index contributed by atoms with van der Waals surface area (Å²) >= 11 is 7.61. The molecule has 0 amide bonds. The molecule has 0 radical (unpaired) electrons. The van der Waals surface area contributed by atoms with E-state index in [0.29, 0.717) is 27.6 Å². The molecule has 2 aromatic carbocycles. The first kappa shape index (κ1) is 18.0. The number of aromatic nitrogens is 4. The first-order valence-electron chi connectivity index (χ1n) is 8.95. The predicted molar refractivity (Wildman–Crippen MR) is 112 cm³/mol. The standard InChI is InChI=1S/C21H15ClN4O2S/c22-15-8-9-17-16(11-15)23-19(26(17)12-14-5-2-1-3-6-14)13-29-21-25-24-20(28-21)18-7-4-10-27-18/h1-11H,12-13H2. The highest BCUT2D eigenvalue weighted by atomic mass is 35.5. The Kier molecular flexibility index (Phi) is 4.83. The van der Waals surface area contributed by atoms with Gasteiger partial charge in [0.05, 0.1) is 23.0 Å². The number of hydrogen-bond acceptors (Lipinski definition) is 6. The van der Waals surface area contributed by atoms with Crippen molar-refractivity contribution < 1.29 is 8.83 Å². The summed E-state index contributed by atoms with van der Waals surface area (Å²) in [6.45, 7) is 0.719. The van der Waals surface area contributed by atoms with Crippen LogP contribution in [0.1, 0.15) is 11.4 Å². The molecule has 6 nitrogen and oxygen atoms in total. The Morgan fingerprint density at radius 3 is 2.72 bits per heavy atom. The zero-order valence-corrected chi connectivity index (χ0v) is 16.7. The number of thioether (sulfide) groups is 1. The maximum atomic E-state index is 6.17. The Morgan fingerprint density at radius 2 is 1.90 bits per heavy atom. The van der Waals surface area contributed by atoms with E-state index < -0.39 is 0 Å². The van der Waals surface area contributed by atoms with Gasteiger partial charge < -0.3 is 13.4 Å². The van der Waals surface area contributed by atoms with Crippen LogP contribution in [0.4, 0.5) is 0 Å². The van der Waals surface area contributed by atoms with Crippen LogP contribution >= 0.6 is 23.4 Å². The number of hydrogen-bond donors (Lipinski definition) is 0. The van der Waals surface area contributed by atoms with E-state index in [2.05, 4.69) is 26.9 Å². The summed E-state index contributed by atoms with van der Waals surface area (Å²) < 4.78 is 13.2. The minimum Gasteiger partial charge on any atom is -0.459 e. The van der Waals surface area contributed by atoms with E-state index in [1.54, 1.807) is 18.4 Å². The van der Waals surface area contributed by atoms with Crippen LogP contribution < -0.4 is 0 Å². The van der Waals surface area contributed by atoms with Gasteiger partial charge in [0.25, 0.3) is 11.1 Å². The summed E-state index contributed by atoms with van der Waals surface area (Å²) in [5.41, 5.74) is 3.10. The number of rotatable bonds is 6. The lowest BCUT2D eigenvalue weighted by Crippen LogP contribution is -2.04. The van der Waals surface area contributed by atoms with Gasteiger partial charge >= 0.3 is 0 Å². The molecule has 29 heavy (non-hydrogen) atoms. The summed E-state index contributed by atoms with van der Waals surface area (Å²) in [4.78, 5) is 4.79. The van der Waals surface area contributed by atoms with Crippen LogP contribution in [0.3, 0.4) is 0 Å². The van der Waals surface area contributed by atoms with Crippen LogP contribution in [0.15, 0.2) is 81.0 Å². The first-order valence-corrected chi connectivity index (χ1v) is 10.3. The van der Waals surface area contributed by atoms with Gasteiger partial charge in [0.2, 0.25) is 0 Å². The molecular formula is C21H15ClN4O2S. The number of imidazole rings is 1. The summed E-state index contributed by atoms with van der Waals surface area (Å²) in [5.74, 6) is 2.41. The highest BCUT2D eigenvalue weighted by Crippen LogP contribution is 2.28. The lowest BCUT2D eigenvalue weighted by molar-refractivity contribution is 0.447. The molecule has 5 rings (SSSR count). The van der Waals surface area contributed by atoms with Gasteiger partial charge in [0.15, 0.2) is 5.76 Å². The molecule has 3 heterocycles. The molecule has 0 aliphatic rings. The maximum Gasteiger partial charge on any atom is 0.284 e. The van der Waals surface area contributed by atoms with E-state index in [1.165, 1.54) is 17.3 Å². The molecule has 8 heteroatoms. The Balaban J connectivity index is 1.43. The van der Waals surface area contributed by atoms with Crippen molar-refractivity contribution in [3.63, 3.8) is 0 Å². The van der Waals surface area contributed by atoms with E-state index in [9.17, 15) is 0 Å². The van der Waals surface area contributed by atoms with Gasteiger partial charge in [-0.1, -0.05) is 53.7 Å². The lowest BCUT2D eigenvalue weighted by Gasteiger charge is -2.09. The van der Waals surface area contributed by atoms with Crippen molar-refractivity contribution >= 4 is 34.4 Å². The van der Waals surface area contributed by atoms with Crippen molar-refractivity contribution in [3.05, 3.63) is 83.3 Å². The van der Waals surface area contributed by atoms with E-state index in [4.69, 9.17) is 25.4 Å². The average Bonchev–Trinajstić information content (AvgIpc) is 3.47. The normalized spacial score (nSPS) is 11.3. The third-order valence-corrected chi connectivity index (χ3v) is 5.49. The molecule has 0 saturated carbocycles. The van der Waals surface area contributed by atoms with Crippen molar-refractivity contribution in [2.45, 2.75) is 17.5 Å². The number of fused-ring (bicyclic) bond motifs is 1. The highest BCUT2D eigenvalue weighted by molar-refractivity contribution is 7.98. The van der Waals surface area contributed by atoms with Crippen molar-refractivity contribution in [2.75, 3.05) is 0 Å². The van der Waals surface area contributed by atoms with Gasteiger partial charge in [-0.15, -0.1) is 10.2 Å². The van der Waals surface area contributed by atoms with Crippen LogP contribution in [0.25, 0.3) is 22.7 Å². The fourth-order valence-electron chi connectivity index (χ4n) is 3.10. The lowest BCUT2D eigenvalue weighted by atomic mass is 10.2. The zero-order valence-electron chi connectivity index (χ0n) is 15.2. The van der Waals surface area contributed by atoms with Gasteiger partial charge in [-0.2, -0.15) is 0 Å². The van der Waals surface area contributed by atoms with E-state index >= 15 is 0 Å². The summed E-state index contributed by atoms with van der Waals surface area (Å²) in [6, 6.07) is 19.6. The molecule has 0 saturated heterocycles. The molecule has 0 aliphatic carbocycles. The van der Waals surface area contributed by atoms with Crippen LogP contribution in [-0.2, 0) is 12.3 Å². The molecule has 144 valence electrons. The van der Waals surface area contributed by atoms with E-state index in [-0.39, 0.29) is 0 Å². The topological polar surface area (TPSA) is 69.9 Å². The van der Waals surface area contributed by atoms with Crippen molar-refractivity contribution in [2.24, 2.45) is 0 Å². The van der Waals surface area contributed by atoms with Gasteiger partial charge in [0.1, 0.15) is 5.82 Å². The molecular weight excluding hydrogens is 408 g/mol. The number of nitrogens with zero attached hydrogens (tertiary/aromatic N) is 4. The molecule has 0 atom stereocenters. The summed E-state index contributed by atoms with van der Waals surface area (Å²) in [7, 11) is 0. The number of furan rings is 1. The summed E-state index contributed by atoms with van der Waals surface area (Å²) in [5, 5.41) is 9.27. The molecule has 0 fully saturated rings. The summed E-state index contributed by atoms with van der Waals surface area (Å²) in [6.07, 6.45) is 1.57. The van der Waals surface area contributed by atoms with E-state index in [1.807, 2.05) is 36.4 Å². The number of benzene rings is 2. The first-order chi connectivity index (χ1) is 14.3. The Labute approximate surface area is 175 Å². The molecule has 0 aliphatic heterocycles. The van der Waals surface area contributed by atoms with Gasteiger partial charge in [-0.25, -0.2) is 4.98 Å². The fraction of sp³-hybridized carbons (Fsp3) is 0.0952. The second kappa shape index (κ2) is 7.77. The quantitative estimate of drug-likeness (QED) is 0.328. The minimum atomic E-state index is 0.363. The Hall–Kier alpha value is -3.03. The Bertz CT molecular complexity index is 1250. The molecule has 0 spiro atoms. The highest BCUT2D eigenvalue weighted by Gasteiger charge is 2.15. The second-order valence-electron chi connectivity index (χ2n) is 6.37. The molecule has 5 aromatic rings. The average molecular weight is 423 g/mol. The zero-order chi connectivity index (χ0) is 19.6. The third-order valence-electron chi connectivity index (χ3n) is 4.44. The van der Waals surface area contributed by atoms with Gasteiger partial charge in [-0.3, -0.25) is 0 Å². The largest absolute Gasteiger partial charge is 0.459 e. The SMILES string of the molecule is Clc1ccc2c(c1)nc(CSc1nnc(-c3ccco3)o1)n2Cc1ccccc1. The van der Waals surface area contributed by atoms with Crippen LogP contribution in [0, 0.1) is 0 Å². The molecule has 3 aromatic heterocycles. The maximum absolute atomic E-state index is 6.17. The third kappa shape index (κ3) is 3.79. The fourth-order valence-corrected chi connectivity index (χ4v) is 3.98. The minimum absolute atomic E-state index is 0.363. The van der Waals surface area contributed by atoms with Crippen LogP contribution in [-0.4, -0.2) is 19.7 Å². The Morgan fingerprint density at radius 1 is 1.00 bits per heavy atom. The van der Waals surface area contributed by atoms with Crippen LogP contribution in [0.2, 0.25) is 5.02 Å². The van der Waals surface area contributed by atoms with Crippen LogP contribution in [0.5, 0.6) is 0 Å². The van der Waals surface area contributed by atoms with Crippen molar-refractivity contribution in [1.29, 1.82) is 0 Å².